The molecule has 0 aromatic heterocycles. The number of hydrogen-bond donors (Lipinski definition) is 4. The molecule has 6 N–H and O–H groups in total. The Morgan fingerprint density at radius 1 is 0.548 bits per heavy atom. The number of ether oxygens (including phenoxy) is 2. The van der Waals surface area contributed by atoms with Crippen LogP contribution in [0.4, 0.5) is 11.4 Å². The summed E-state index contributed by atoms with van der Waals surface area (Å²) in [6.07, 6.45) is 4.27. The summed E-state index contributed by atoms with van der Waals surface area (Å²) in [5, 5.41) is 5.36. The molecule has 0 atom stereocenters. The summed E-state index contributed by atoms with van der Waals surface area (Å²) in [6, 6.07) is 39.0. The summed E-state index contributed by atoms with van der Waals surface area (Å²) >= 11 is 0. The average Bonchev–Trinajstić information content (AvgIpc) is 3.29. The van der Waals surface area contributed by atoms with E-state index < -0.39 is 0 Å². The van der Waals surface area contributed by atoms with Crippen LogP contribution in [0.1, 0.15) is 93.2 Å². The van der Waals surface area contributed by atoms with E-state index in [0.717, 1.165) is 11.1 Å². The number of hydrogen-bond acceptors (Lipinski definition) is 9. The van der Waals surface area contributed by atoms with Gasteiger partial charge in [0.25, 0.3) is 0 Å². The zero-order valence-electron chi connectivity index (χ0n) is 37.5. The van der Waals surface area contributed by atoms with Gasteiger partial charge in [0.1, 0.15) is 5.78 Å². The van der Waals surface area contributed by atoms with Crippen molar-refractivity contribution >= 4 is 41.5 Å². The zero-order chi connectivity index (χ0) is 45.2. The fourth-order valence-corrected chi connectivity index (χ4v) is 3.79. The van der Waals surface area contributed by atoms with Crippen LogP contribution in [0.15, 0.2) is 109 Å². The summed E-state index contributed by atoms with van der Waals surface area (Å²) in [5.41, 5.74) is 13.3. The van der Waals surface area contributed by atoms with E-state index in [4.69, 9.17) is 20.9 Å². The monoisotopic (exact) mass is 1200 g/mol. The Kier molecular flexibility index (Phi) is 71.7. The molecule has 344 valence electrons. The van der Waals surface area contributed by atoms with Gasteiger partial charge in [0.05, 0.1) is 39.3 Å². The molecule has 4 aromatic rings. The Bertz CT molecular complexity index is 1440. The molecule has 0 aliphatic heterocycles. The Hall–Kier alpha value is -3.95. The van der Waals surface area contributed by atoms with Crippen molar-refractivity contribution in [1.82, 2.24) is 0 Å². The zero-order valence-corrected chi connectivity index (χ0v) is 43.4. The predicted octanol–water partition coefficient (Wildman–Crippen LogP) is 8.95. The molecule has 0 heterocycles. The average molecular weight is 1200 g/mol. The minimum absolute atomic E-state index is 0. The van der Waals surface area contributed by atoms with Crippen molar-refractivity contribution in [3.63, 3.8) is 0 Å². The number of Topliss-reactive ketones (excluding diaryl/α,β-unsaturated/α-hetero) is 1. The largest absolute Gasteiger partial charge is 2.00 e. The first-order chi connectivity index (χ1) is 28.9. The molecule has 0 fully saturated rings. The molecule has 0 saturated heterocycles. The second kappa shape index (κ2) is 61.3. The first kappa shape index (κ1) is 72.5. The molecule has 4 aromatic carbocycles. The summed E-state index contributed by atoms with van der Waals surface area (Å²) in [4.78, 5) is 55.4. The number of ketones is 1. The molecule has 13 heteroatoms. The van der Waals surface area contributed by atoms with Gasteiger partial charge in [0.2, 0.25) is 11.8 Å². The Morgan fingerprint density at radius 3 is 1.24 bits per heavy atom. The van der Waals surface area contributed by atoms with Gasteiger partial charge in [-0.1, -0.05) is 98.2 Å². The quantitative estimate of drug-likeness (QED) is 0.0430. The first-order valence-corrected chi connectivity index (χ1v) is 20.3. The van der Waals surface area contributed by atoms with Gasteiger partial charge in [0.15, 0.2) is 0 Å². The van der Waals surface area contributed by atoms with Gasteiger partial charge in [-0.2, -0.15) is 72.8 Å². The van der Waals surface area contributed by atoms with Crippen molar-refractivity contribution in [1.29, 1.82) is 0 Å². The van der Waals surface area contributed by atoms with Crippen LogP contribution < -0.4 is 22.1 Å². The van der Waals surface area contributed by atoms with Gasteiger partial charge in [-0.3, -0.25) is 27.0 Å². The number of carbonyl (C=O) groups is 3. The van der Waals surface area contributed by atoms with Gasteiger partial charge in [-0.05, 0) is 24.3 Å². The third kappa shape index (κ3) is 50.4. The standard InChI is InChI=1S/C15H19N2O4.C13H17N2O3.2C6H5.4C2H6.CH4.2W/c16-6-9-21-8-5-14(19)11-15(20)17-13-3-1-2-12(10-13)4-7-18;14-6-9-18-8-5-13(17)15-12-3-1-2-11(10-12)4-7-16;2*1-2-4-6-5-3-1;4*1-2;;;/h1-3,10H,4-6,8-9,11,16H2,(H,17,20);1-3,10H,4-6,8-9,14H2,(H,15,17);2*1-5H;4*1-2H3;1H4;;/q4*-1;;;;;;2*+2. The third-order valence-corrected chi connectivity index (χ3v) is 6.07. The van der Waals surface area contributed by atoms with Crippen molar-refractivity contribution in [3.05, 3.63) is 132 Å². The summed E-state index contributed by atoms with van der Waals surface area (Å²) in [6.45, 7) is 18.3. The molecule has 0 saturated carbocycles. The fraction of sp³-hybridized carbons (Fsp3) is 0.408. The molecule has 0 aliphatic rings. The topological polar surface area (TPSA) is 180 Å². The number of benzene rings is 4. The van der Waals surface area contributed by atoms with E-state index in [1.165, 1.54) is 0 Å². The van der Waals surface area contributed by atoms with Gasteiger partial charge >= 0.3 is 42.1 Å². The molecule has 0 radical (unpaired) electrons. The van der Waals surface area contributed by atoms with Crippen LogP contribution in [0, 0.1) is 12.1 Å². The summed E-state index contributed by atoms with van der Waals surface area (Å²) in [7, 11) is 0. The number of amides is 2. The van der Waals surface area contributed by atoms with Crippen LogP contribution in [-0.2, 0) is 88.4 Å². The number of nitrogens with one attached hydrogen (secondary N) is 2. The van der Waals surface area contributed by atoms with Crippen LogP contribution in [-0.4, -0.2) is 69.7 Å². The maximum absolute atomic E-state index is 11.7. The van der Waals surface area contributed by atoms with Crippen LogP contribution in [0.2, 0.25) is 0 Å². The molecular weight excluding hydrogens is 1120 g/mol. The molecule has 62 heavy (non-hydrogen) atoms. The van der Waals surface area contributed by atoms with Crippen molar-refractivity contribution in [2.75, 3.05) is 50.2 Å². The third-order valence-electron chi connectivity index (χ3n) is 6.07. The van der Waals surface area contributed by atoms with Crippen LogP contribution >= 0.6 is 0 Å². The normalized spacial score (nSPS) is 8.29. The van der Waals surface area contributed by atoms with E-state index >= 15 is 0 Å². The second-order valence-electron chi connectivity index (χ2n) is 10.3. The van der Waals surface area contributed by atoms with Gasteiger partial charge in [-0.15, -0.1) is 12.8 Å². The molecule has 11 nitrogen and oxygen atoms in total. The van der Waals surface area contributed by atoms with Crippen molar-refractivity contribution in [3.8, 4) is 0 Å². The van der Waals surface area contributed by atoms with E-state index in [0.29, 0.717) is 44.3 Å². The van der Waals surface area contributed by atoms with Crippen molar-refractivity contribution in [2.24, 2.45) is 11.5 Å². The Labute approximate surface area is 403 Å². The second-order valence-corrected chi connectivity index (χ2v) is 10.3. The molecule has 0 bridgehead atoms. The van der Waals surface area contributed by atoms with Crippen molar-refractivity contribution < 1.29 is 75.6 Å². The first-order valence-electron chi connectivity index (χ1n) is 20.3. The molecule has 0 spiro atoms. The number of rotatable bonds is 18. The van der Waals surface area contributed by atoms with E-state index in [1.54, 1.807) is 48.8 Å². The fourth-order valence-electron chi connectivity index (χ4n) is 3.79. The molecule has 0 unspecified atom stereocenters. The van der Waals surface area contributed by atoms with Crippen LogP contribution in [0.5, 0.6) is 0 Å². The number of carbonyl (C=O) groups excluding carboxylic acids is 5. The number of anilines is 2. The van der Waals surface area contributed by atoms with E-state index in [-0.39, 0.29) is 106 Å². The molecule has 0 aliphatic carbocycles. The maximum atomic E-state index is 11.7. The van der Waals surface area contributed by atoms with Gasteiger partial charge in [-0.25, -0.2) is 0 Å². The van der Waals surface area contributed by atoms with Crippen molar-refractivity contribution in [2.45, 2.75) is 94.9 Å². The smallest absolute Gasteiger partial charge is 0.541 e. The van der Waals surface area contributed by atoms with Crippen LogP contribution in [0.3, 0.4) is 0 Å². The maximum Gasteiger partial charge on any atom is 2.00 e. The Morgan fingerprint density at radius 2 is 0.919 bits per heavy atom. The summed E-state index contributed by atoms with van der Waals surface area (Å²) in [5.74, 6) is -0.702. The minimum Gasteiger partial charge on any atom is -0.541 e. The van der Waals surface area contributed by atoms with E-state index in [1.807, 2.05) is 128 Å². The Balaban J connectivity index is -0.000000132. The molecular formula is C49H74N4O7W2. The van der Waals surface area contributed by atoms with E-state index in [2.05, 4.69) is 22.8 Å². The number of nitrogens with two attached hydrogens (primary N) is 2. The van der Waals surface area contributed by atoms with Gasteiger partial charge in [0, 0.05) is 30.9 Å². The molecule has 4 rings (SSSR count). The predicted molar refractivity (Wildman–Crippen MR) is 250 cm³/mol. The SMILES string of the molecule is C.CC.CC.CC.CC.NCCOCCC(=O)CC(=O)Nc1cccc(C[C-]=O)c1.NCCOCCC(=O)Nc1cccc(C[C-]=O)c1.[W+2].[W+2].[c-]1ccccc1.[c-]1ccccc1. The minimum atomic E-state index is -0.383. The van der Waals surface area contributed by atoms with Crippen LogP contribution in [0.25, 0.3) is 0 Å². The molecule has 2 amide bonds. The van der Waals surface area contributed by atoms with Gasteiger partial charge < -0.3 is 41.2 Å². The summed E-state index contributed by atoms with van der Waals surface area (Å²) < 4.78 is 10.2. The van der Waals surface area contributed by atoms with E-state index in [9.17, 15) is 24.0 Å².